The number of benzene rings is 1. The average Bonchev–Trinajstić information content (AvgIpc) is 2.76. The lowest BCUT2D eigenvalue weighted by Gasteiger charge is -2.27. The molecule has 0 aromatic heterocycles. The van der Waals surface area contributed by atoms with Crippen LogP contribution in [0.5, 0.6) is 0 Å². The van der Waals surface area contributed by atoms with Crippen molar-refractivity contribution < 1.29 is 0 Å². The molecule has 21 heavy (non-hydrogen) atoms. The third kappa shape index (κ3) is 4.74. The summed E-state index contributed by atoms with van der Waals surface area (Å²) < 4.78 is 0. The third-order valence-corrected chi connectivity index (χ3v) is 5.03. The summed E-state index contributed by atoms with van der Waals surface area (Å²) in [6, 6.07) is 9.99. The van der Waals surface area contributed by atoms with Crippen LogP contribution < -0.4 is 10.2 Å². The lowest BCUT2D eigenvalue weighted by atomic mass is 9.92. The molecular weight excluding hydrogens is 256 g/mol. The number of anilines is 1. The summed E-state index contributed by atoms with van der Waals surface area (Å²) in [5, 5.41) is 3.83. The summed E-state index contributed by atoms with van der Waals surface area (Å²) in [6.45, 7) is 4.67. The Kier molecular flexibility index (Phi) is 6.10. The Labute approximate surface area is 130 Å². The Balaban J connectivity index is 1.91. The maximum Gasteiger partial charge on any atom is 0.0361 e. The molecule has 1 saturated carbocycles. The molecule has 0 spiro atoms. The first-order valence-electron chi connectivity index (χ1n) is 8.61. The summed E-state index contributed by atoms with van der Waals surface area (Å²) in [5.41, 5.74) is 2.66. The van der Waals surface area contributed by atoms with Crippen LogP contribution in [0.15, 0.2) is 24.3 Å². The molecule has 1 aliphatic rings. The molecule has 2 atom stereocenters. The van der Waals surface area contributed by atoms with Crippen molar-refractivity contribution in [2.45, 2.75) is 64.5 Å². The Morgan fingerprint density at radius 1 is 0.952 bits per heavy atom. The van der Waals surface area contributed by atoms with Crippen LogP contribution in [-0.2, 0) is 0 Å². The zero-order valence-electron chi connectivity index (χ0n) is 14.2. The maximum atomic E-state index is 3.83. The highest BCUT2D eigenvalue weighted by Crippen LogP contribution is 2.27. The van der Waals surface area contributed by atoms with E-state index in [2.05, 4.69) is 62.4 Å². The van der Waals surface area contributed by atoms with E-state index in [4.69, 9.17) is 0 Å². The largest absolute Gasteiger partial charge is 0.378 e. The zero-order valence-corrected chi connectivity index (χ0v) is 14.2. The van der Waals surface area contributed by atoms with Gasteiger partial charge in [-0.25, -0.2) is 0 Å². The van der Waals surface area contributed by atoms with Crippen molar-refractivity contribution in [3.63, 3.8) is 0 Å². The van der Waals surface area contributed by atoms with Gasteiger partial charge in [-0.15, -0.1) is 0 Å². The van der Waals surface area contributed by atoms with Gasteiger partial charge in [0.2, 0.25) is 0 Å². The van der Waals surface area contributed by atoms with Crippen molar-refractivity contribution in [1.82, 2.24) is 5.32 Å². The molecule has 0 aliphatic heterocycles. The van der Waals surface area contributed by atoms with Gasteiger partial charge < -0.3 is 10.2 Å². The van der Waals surface area contributed by atoms with Crippen molar-refractivity contribution in [2.24, 2.45) is 5.92 Å². The van der Waals surface area contributed by atoms with Crippen molar-refractivity contribution in [2.75, 3.05) is 19.0 Å². The lowest BCUT2D eigenvalue weighted by molar-refractivity contribution is 0.316. The van der Waals surface area contributed by atoms with Crippen LogP contribution in [0.4, 0.5) is 5.69 Å². The SMILES string of the molecule is CC(N[C@@H](C)C1CCCCCC1)c1ccc(N(C)C)cc1. The first-order chi connectivity index (χ1) is 10.1. The smallest absolute Gasteiger partial charge is 0.0361 e. The molecule has 1 fully saturated rings. The summed E-state index contributed by atoms with van der Waals surface area (Å²) in [5.74, 6) is 0.857. The van der Waals surface area contributed by atoms with Crippen molar-refractivity contribution in [3.8, 4) is 0 Å². The molecule has 0 heterocycles. The predicted molar refractivity (Wildman–Crippen MR) is 93.0 cm³/mol. The van der Waals surface area contributed by atoms with Gasteiger partial charge in [-0.05, 0) is 50.3 Å². The van der Waals surface area contributed by atoms with Gasteiger partial charge in [0.15, 0.2) is 0 Å². The monoisotopic (exact) mass is 288 g/mol. The van der Waals surface area contributed by atoms with Gasteiger partial charge in [-0.1, -0.05) is 37.8 Å². The second kappa shape index (κ2) is 7.84. The summed E-state index contributed by atoms with van der Waals surface area (Å²) in [4.78, 5) is 2.15. The van der Waals surface area contributed by atoms with Gasteiger partial charge in [0, 0.05) is 31.9 Å². The Bertz CT molecular complexity index is 402. The molecule has 2 rings (SSSR count). The fourth-order valence-corrected chi connectivity index (χ4v) is 3.50. The van der Waals surface area contributed by atoms with Gasteiger partial charge in [-0.3, -0.25) is 0 Å². The fourth-order valence-electron chi connectivity index (χ4n) is 3.50. The lowest BCUT2D eigenvalue weighted by Crippen LogP contribution is -2.35. The highest BCUT2D eigenvalue weighted by atomic mass is 15.1. The van der Waals surface area contributed by atoms with E-state index in [0.29, 0.717) is 12.1 Å². The van der Waals surface area contributed by atoms with Gasteiger partial charge in [0.25, 0.3) is 0 Å². The van der Waals surface area contributed by atoms with E-state index in [0.717, 1.165) is 5.92 Å². The second-order valence-electron chi connectivity index (χ2n) is 6.91. The van der Waals surface area contributed by atoms with Crippen molar-refractivity contribution in [3.05, 3.63) is 29.8 Å². The minimum atomic E-state index is 0.430. The first-order valence-corrected chi connectivity index (χ1v) is 8.61. The highest BCUT2D eigenvalue weighted by molar-refractivity contribution is 5.46. The van der Waals surface area contributed by atoms with E-state index in [9.17, 15) is 0 Å². The number of hydrogen-bond donors (Lipinski definition) is 1. The topological polar surface area (TPSA) is 15.3 Å². The van der Waals surface area contributed by atoms with Crippen LogP contribution in [0.1, 0.15) is 64.0 Å². The first kappa shape index (κ1) is 16.4. The summed E-state index contributed by atoms with van der Waals surface area (Å²) in [7, 11) is 4.18. The predicted octanol–water partition coefficient (Wildman–Crippen LogP) is 4.76. The molecule has 0 amide bonds. The minimum Gasteiger partial charge on any atom is -0.378 e. The molecule has 0 radical (unpaired) electrons. The number of hydrogen-bond acceptors (Lipinski definition) is 2. The quantitative estimate of drug-likeness (QED) is 0.786. The third-order valence-electron chi connectivity index (χ3n) is 5.03. The summed E-state index contributed by atoms with van der Waals surface area (Å²) in [6.07, 6.45) is 8.52. The van der Waals surface area contributed by atoms with Gasteiger partial charge in [0.05, 0.1) is 0 Å². The van der Waals surface area contributed by atoms with Crippen LogP contribution in [0, 0.1) is 5.92 Å². The van der Waals surface area contributed by atoms with E-state index in [1.54, 1.807) is 0 Å². The number of nitrogens with zero attached hydrogens (tertiary/aromatic N) is 1. The van der Waals surface area contributed by atoms with Crippen LogP contribution in [0.25, 0.3) is 0 Å². The molecule has 1 aromatic rings. The number of nitrogens with one attached hydrogen (secondary N) is 1. The molecular formula is C19H32N2. The molecule has 0 saturated heterocycles. The zero-order chi connectivity index (χ0) is 15.2. The van der Waals surface area contributed by atoms with Gasteiger partial charge in [-0.2, -0.15) is 0 Å². The van der Waals surface area contributed by atoms with E-state index in [1.165, 1.54) is 49.8 Å². The fraction of sp³-hybridized carbons (Fsp3) is 0.684. The molecule has 118 valence electrons. The number of rotatable bonds is 5. The minimum absolute atomic E-state index is 0.430. The Hall–Kier alpha value is -1.02. The summed E-state index contributed by atoms with van der Waals surface area (Å²) >= 11 is 0. The molecule has 2 heteroatoms. The Morgan fingerprint density at radius 2 is 1.52 bits per heavy atom. The van der Waals surface area contributed by atoms with Crippen LogP contribution >= 0.6 is 0 Å². The van der Waals surface area contributed by atoms with Crippen molar-refractivity contribution in [1.29, 1.82) is 0 Å². The molecule has 2 nitrogen and oxygen atoms in total. The van der Waals surface area contributed by atoms with Crippen molar-refractivity contribution >= 4 is 5.69 Å². The molecule has 1 aromatic carbocycles. The molecule has 1 aliphatic carbocycles. The van der Waals surface area contributed by atoms with E-state index >= 15 is 0 Å². The van der Waals surface area contributed by atoms with Gasteiger partial charge >= 0.3 is 0 Å². The average molecular weight is 288 g/mol. The van der Waals surface area contributed by atoms with Crippen LogP contribution in [0.3, 0.4) is 0 Å². The van der Waals surface area contributed by atoms with E-state index < -0.39 is 0 Å². The molecule has 0 bridgehead atoms. The van der Waals surface area contributed by atoms with Gasteiger partial charge in [0.1, 0.15) is 0 Å². The van der Waals surface area contributed by atoms with E-state index in [-0.39, 0.29) is 0 Å². The maximum absolute atomic E-state index is 3.83. The molecule has 1 N–H and O–H groups in total. The standard InChI is InChI=1S/C19H32N2/c1-15(17-9-7-5-6-8-10-17)20-16(2)18-11-13-19(14-12-18)21(3)4/h11-17,20H,5-10H2,1-4H3/t15-,16?/m0/s1. The molecule has 1 unspecified atom stereocenters. The van der Waals surface area contributed by atoms with E-state index in [1.807, 2.05) is 0 Å². The Morgan fingerprint density at radius 3 is 2.05 bits per heavy atom. The normalized spacial score (nSPS) is 19.8. The van der Waals surface area contributed by atoms with Crippen LogP contribution in [0.2, 0.25) is 0 Å². The second-order valence-corrected chi connectivity index (χ2v) is 6.91. The van der Waals surface area contributed by atoms with Crippen LogP contribution in [-0.4, -0.2) is 20.1 Å². The highest BCUT2D eigenvalue weighted by Gasteiger charge is 2.20.